The van der Waals surface area contributed by atoms with Gasteiger partial charge in [0.15, 0.2) is 0 Å². The molecule has 2 heteroatoms. The Morgan fingerprint density at radius 1 is 1.00 bits per heavy atom. The van der Waals surface area contributed by atoms with Crippen LogP contribution in [-0.2, 0) is 0 Å². The number of nitrogens with one attached hydrogen (secondary N) is 1. The third kappa shape index (κ3) is 2.60. The van der Waals surface area contributed by atoms with Gasteiger partial charge in [0, 0.05) is 31.2 Å². The van der Waals surface area contributed by atoms with Crippen molar-refractivity contribution in [1.29, 1.82) is 0 Å². The quantitative estimate of drug-likeness (QED) is 0.827. The van der Waals surface area contributed by atoms with Crippen molar-refractivity contribution in [3.63, 3.8) is 0 Å². The smallest absolute Gasteiger partial charge is 0.0224 e. The van der Waals surface area contributed by atoms with Crippen LogP contribution in [-0.4, -0.2) is 36.1 Å². The molecule has 0 aromatic rings. The van der Waals surface area contributed by atoms with E-state index < -0.39 is 0 Å². The molecule has 0 spiro atoms. The van der Waals surface area contributed by atoms with E-state index in [9.17, 15) is 0 Å². The van der Waals surface area contributed by atoms with Crippen LogP contribution in [0.2, 0.25) is 0 Å². The molecule has 2 saturated carbocycles. The summed E-state index contributed by atoms with van der Waals surface area (Å²) in [6.45, 7) is 4.95. The van der Waals surface area contributed by atoms with Gasteiger partial charge in [0.1, 0.15) is 0 Å². The zero-order chi connectivity index (χ0) is 12.4. The van der Waals surface area contributed by atoms with E-state index in [4.69, 9.17) is 0 Å². The van der Waals surface area contributed by atoms with Gasteiger partial charge in [-0.1, -0.05) is 32.6 Å². The molecule has 3 fully saturated rings. The second kappa shape index (κ2) is 5.92. The molecule has 1 N–H and O–H groups in total. The Labute approximate surface area is 113 Å². The molecule has 18 heavy (non-hydrogen) atoms. The fraction of sp³-hybridized carbons (Fsp3) is 1.00. The second-order valence-electron chi connectivity index (χ2n) is 6.76. The molecule has 3 rings (SSSR count). The first-order valence-corrected chi connectivity index (χ1v) is 8.37. The summed E-state index contributed by atoms with van der Waals surface area (Å²) in [6.07, 6.45) is 13.1. The van der Waals surface area contributed by atoms with Gasteiger partial charge in [-0.15, -0.1) is 0 Å². The zero-order valence-corrected chi connectivity index (χ0v) is 12.0. The molecule has 2 nitrogen and oxygen atoms in total. The molecule has 2 atom stereocenters. The van der Waals surface area contributed by atoms with E-state index in [1.807, 2.05) is 0 Å². The summed E-state index contributed by atoms with van der Waals surface area (Å²) in [4.78, 5) is 2.87. The van der Waals surface area contributed by atoms with Gasteiger partial charge in [0.05, 0.1) is 0 Å². The van der Waals surface area contributed by atoms with Crippen LogP contribution in [0, 0.1) is 5.92 Å². The highest BCUT2D eigenvalue weighted by Crippen LogP contribution is 2.33. The van der Waals surface area contributed by atoms with Crippen molar-refractivity contribution < 1.29 is 0 Å². The Morgan fingerprint density at radius 2 is 1.78 bits per heavy atom. The fourth-order valence-corrected chi connectivity index (χ4v) is 4.24. The van der Waals surface area contributed by atoms with Crippen LogP contribution in [0.25, 0.3) is 0 Å². The highest BCUT2D eigenvalue weighted by atomic mass is 15.3. The van der Waals surface area contributed by atoms with Gasteiger partial charge in [-0.25, -0.2) is 0 Å². The predicted octanol–water partition coefficient (Wildman–Crippen LogP) is 3.17. The Balaban J connectivity index is 1.60. The molecule has 2 aliphatic carbocycles. The minimum atomic E-state index is 0.800. The van der Waals surface area contributed by atoms with Crippen LogP contribution < -0.4 is 5.32 Å². The minimum absolute atomic E-state index is 0.800. The molecule has 1 saturated heterocycles. The molecule has 1 heterocycles. The van der Waals surface area contributed by atoms with E-state index in [-0.39, 0.29) is 0 Å². The summed E-state index contributed by atoms with van der Waals surface area (Å²) in [5, 5.41) is 3.88. The number of hydrogen-bond donors (Lipinski definition) is 1. The van der Waals surface area contributed by atoms with Crippen molar-refractivity contribution in [2.45, 2.75) is 82.8 Å². The maximum absolute atomic E-state index is 3.88. The van der Waals surface area contributed by atoms with Crippen LogP contribution in [0.3, 0.4) is 0 Å². The summed E-state index contributed by atoms with van der Waals surface area (Å²) in [5.41, 5.74) is 0. The van der Waals surface area contributed by atoms with Gasteiger partial charge in [-0.2, -0.15) is 0 Å². The van der Waals surface area contributed by atoms with Crippen molar-refractivity contribution in [2.75, 3.05) is 13.1 Å². The molecule has 0 bridgehead atoms. The zero-order valence-electron chi connectivity index (χ0n) is 12.0. The largest absolute Gasteiger partial charge is 0.311 e. The lowest BCUT2D eigenvalue weighted by Gasteiger charge is -2.49. The highest BCUT2D eigenvalue weighted by molar-refractivity contribution is 4.94. The third-order valence-electron chi connectivity index (χ3n) is 5.73. The summed E-state index contributed by atoms with van der Waals surface area (Å²) < 4.78 is 0. The van der Waals surface area contributed by atoms with E-state index in [1.165, 1.54) is 70.9 Å². The first kappa shape index (κ1) is 12.9. The van der Waals surface area contributed by atoms with Gasteiger partial charge in [0.25, 0.3) is 0 Å². The molecular formula is C16H30N2. The van der Waals surface area contributed by atoms with E-state index in [0.717, 1.165) is 24.0 Å². The summed E-state index contributed by atoms with van der Waals surface area (Å²) in [5.74, 6) is 0.971. The van der Waals surface area contributed by atoms with Gasteiger partial charge in [-0.05, 0) is 38.0 Å². The maximum Gasteiger partial charge on any atom is 0.0224 e. The third-order valence-corrected chi connectivity index (χ3v) is 5.73. The van der Waals surface area contributed by atoms with Gasteiger partial charge in [-0.3, -0.25) is 4.90 Å². The normalized spacial score (nSPS) is 36.5. The standard InChI is InChI=1S/C16H30N2/c1-2-14-11-17-16(13-7-4-3-5-8-13)12-18(14)15-9-6-10-15/h13-17H,2-12H2,1H3. The molecule has 104 valence electrons. The average molecular weight is 250 g/mol. The lowest BCUT2D eigenvalue weighted by molar-refractivity contribution is 0.0245. The molecule has 2 unspecified atom stereocenters. The molecule has 3 aliphatic rings. The second-order valence-corrected chi connectivity index (χ2v) is 6.76. The van der Waals surface area contributed by atoms with E-state index >= 15 is 0 Å². The highest BCUT2D eigenvalue weighted by Gasteiger charge is 2.37. The first-order chi connectivity index (χ1) is 8.88. The van der Waals surface area contributed by atoms with Crippen LogP contribution in [0.15, 0.2) is 0 Å². The van der Waals surface area contributed by atoms with E-state index in [1.54, 1.807) is 0 Å². The maximum atomic E-state index is 3.88. The first-order valence-electron chi connectivity index (χ1n) is 8.37. The topological polar surface area (TPSA) is 15.3 Å². The Morgan fingerprint density at radius 3 is 2.39 bits per heavy atom. The van der Waals surface area contributed by atoms with Gasteiger partial charge < -0.3 is 5.32 Å². The lowest BCUT2D eigenvalue weighted by Crippen LogP contribution is -2.62. The van der Waals surface area contributed by atoms with Crippen LogP contribution in [0.5, 0.6) is 0 Å². The molecule has 0 radical (unpaired) electrons. The fourth-order valence-electron chi connectivity index (χ4n) is 4.24. The van der Waals surface area contributed by atoms with E-state index in [2.05, 4.69) is 17.1 Å². The van der Waals surface area contributed by atoms with Crippen molar-refractivity contribution in [3.05, 3.63) is 0 Å². The number of nitrogens with zero attached hydrogens (tertiary/aromatic N) is 1. The van der Waals surface area contributed by atoms with Gasteiger partial charge >= 0.3 is 0 Å². The molecule has 1 aliphatic heterocycles. The Bertz CT molecular complexity index is 256. The van der Waals surface area contributed by atoms with Crippen molar-refractivity contribution in [1.82, 2.24) is 10.2 Å². The lowest BCUT2D eigenvalue weighted by atomic mass is 9.81. The number of rotatable bonds is 3. The van der Waals surface area contributed by atoms with Crippen molar-refractivity contribution in [2.24, 2.45) is 5.92 Å². The molecule has 0 aromatic heterocycles. The number of hydrogen-bond acceptors (Lipinski definition) is 2. The minimum Gasteiger partial charge on any atom is -0.311 e. The van der Waals surface area contributed by atoms with Crippen LogP contribution >= 0.6 is 0 Å². The molecular weight excluding hydrogens is 220 g/mol. The van der Waals surface area contributed by atoms with Crippen molar-refractivity contribution in [3.8, 4) is 0 Å². The summed E-state index contributed by atoms with van der Waals surface area (Å²) in [7, 11) is 0. The van der Waals surface area contributed by atoms with Crippen LogP contribution in [0.4, 0.5) is 0 Å². The average Bonchev–Trinajstić information content (AvgIpc) is 2.38. The van der Waals surface area contributed by atoms with E-state index in [0.29, 0.717) is 0 Å². The number of piperazine rings is 1. The summed E-state index contributed by atoms with van der Waals surface area (Å²) in [6, 6.07) is 2.55. The van der Waals surface area contributed by atoms with Crippen molar-refractivity contribution >= 4 is 0 Å². The monoisotopic (exact) mass is 250 g/mol. The Hall–Kier alpha value is -0.0800. The summed E-state index contributed by atoms with van der Waals surface area (Å²) >= 11 is 0. The molecule has 0 amide bonds. The van der Waals surface area contributed by atoms with Crippen LogP contribution in [0.1, 0.15) is 64.7 Å². The SMILES string of the molecule is CCC1CNC(C2CCCCC2)CN1C1CCC1. The molecule has 0 aromatic carbocycles. The predicted molar refractivity (Wildman–Crippen MR) is 76.8 cm³/mol. The van der Waals surface area contributed by atoms with Gasteiger partial charge in [0.2, 0.25) is 0 Å². The Kier molecular flexibility index (Phi) is 4.25.